The number of rotatable bonds is 2. The van der Waals surface area contributed by atoms with Gasteiger partial charge in [0, 0.05) is 19.7 Å². The number of hydrogen-bond donors (Lipinski definition) is 0. The van der Waals surface area contributed by atoms with E-state index in [0.29, 0.717) is 11.4 Å². The number of halogens is 2. The highest BCUT2D eigenvalue weighted by Gasteiger charge is 2.59. The van der Waals surface area contributed by atoms with Crippen molar-refractivity contribution in [1.29, 1.82) is 0 Å². The van der Waals surface area contributed by atoms with Crippen LogP contribution in [0.1, 0.15) is 12.5 Å². The van der Waals surface area contributed by atoms with E-state index < -0.39 is 12.0 Å². The molecule has 1 atom stereocenters. The summed E-state index contributed by atoms with van der Waals surface area (Å²) in [7, 11) is 1.73. The molecule has 1 saturated carbocycles. The summed E-state index contributed by atoms with van der Waals surface area (Å²) in [6.45, 7) is 0. The molecule has 0 radical (unpaired) electrons. The molecule has 2 aromatic heterocycles. The van der Waals surface area contributed by atoms with Gasteiger partial charge in [0.25, 0.3) is 5.92 Å². The summed E-state index contributed by atoms with van der Waals surface area (Å²) in [4.78, 5) is 0. The zero-order valence-corrected chi connectivity index (χ0v) is 8.51. The molecule has 0 saturated heterocycles. The molecule has 2 aromatic rings. The lowest BCUT2D eigenvalue weighted by atomic mass is 10.3. The third-order valence-electron chi connectivity index (χ3n) is 2.62. The van der Waals surface area contributed by atoms with Crippen molar-refractivity contribution >= 4 is 0 Å². The van der Waals surface area contributed by atoms with Crippen molar-refractivity contribution in [2.75, 3.05) is 0 Å². The minimum Gasteiger partial charge on any atom is -0.255 e. The molecular weight excluding hydrogens is 216 g/mol. The monoisotopic (exact) mass is 225 g/mol. The van der Waals surface area contributed by atoms with Crippen LogP contribution in [0.25, 0.3) is 11.4 Å². The minimum atomic E-state index is -2.64. The molecule has 2 heterocycles. The SMILES string of the molecule is Cn1cc(-c2ccnn2C2CC2(F)F)nn1. The van der Waals surface area contributed by atoms with E-state index in [4.69, 9.17) is 0 Å². The Morgan fingerprint density at radius 2 is 2.25 bits per heavy atom. The fraction of sp³-hybridized carbons (Fsp3) is 0.444. The van der Waals surface area contributed by atoms with Gasteiger partial charge in [-0.15, -0.1) is 5.10 Å². The predicted molar refractivity (Wildman–Crippen MR) is 50.8 cm³/mol. The third kappa shape index (κ3) is 1.31. The molecule has 7 heteroatoms. The Bertz CT molecular complexity index is 529. The van der Waals surface area contributed by atoms with Gasteiger partial charge in [0.15, 0.2) is 0 Å². The fourth-order valence-corrected chi connectivity index (χ4v) is 1.69. The topological polar surface area (TPSA) is 48.5 Å². The Morgan fingerprint density at radius 3 is 2.81 bits per heavy atom. The lowest BCUT2D eigenvalue weighted by molar-refractivity contribution is 0.0986. The zero-order chi connectivity index (χ0) is 11.3. The average Bonchev–Trinajstić information content (AvgIpc) is 2.67. The molecule has 1 aliphatic rings. The Hall–Kier alpha value is -1.79. The second kappa shape index (κ2) is 2.87. The second-order valence-electron chi connectivity index (χ2n) is 3.92. The largest absolute Gasteiger partial charge is 0.272 e. The minimum absolute atomic E-state index is 0.151. The van der Waals surface area contributed by atoms with Crippen LogP contribution in [-0.2, 0) is 7.05 Å². The van der Waals surface area contributed by atoms with Crippen LogP contribution in [0.3, 0.4) is 0 Å². The number of hydrogen-bond acceptors (Lipinski definition) is 3. The maximum absolute atomic E-state index is 13.0. The van der Waals surface area contributed by atoms with Crippen molar-refractivity contribution in [2.24, 2.45) is 7.05 Å². The molecule has 0 aromatic carbocycles. The van der Waals surface area contributed by atoms with Gasteiger partial charge < -0.3 is 0 Å². The van der Waals surface area contributed by atoms with E-state index in [2.05, 4.69) is 15.4 Å². The highest BCUT2D eigenvalue weighted by atomic mass is 19.3. The second-order valence-corrected chi connectivity index (χ2v) is 3.92. The molecule has 5 nitrogen and oxygen atoms in total. The zero-order valence-electron chi connectivity index (χ0n) is 8.51. The van der Waals surface area contributed by atoms with Crippen LogP contribution in [0, 0.1) is 0 Å². The summed E-state index contributed by atoms with van der Waals surface area (Å²) in [6.07, 6.45) is 3.02. The first-order valence-corrected chi connectivity index (χ1v) is 4.86. The van der Waals surface area contributed by atoms with E-state index in [9.17, 15) is 8.78 Å². The summed E-state index contributed by atoms with van der Waals surface area (Å²) >= 11 is 0. The summed E-state index contributed by atoms with van der Waals surface area (Å²) in [5.41, 5.74) is 1.14. The molecule has 3 rings (SSSR count). The standard InChI is InChI=1S/C9H9F2N5/c1-15-5-6(13-14-15)7-2-3-12-16(7)8-4-9(8,10)11/h2-3,5,8H,4H2,1H3. The van der Waals surface area contributed by atoms with E-state index in [-0.39, 0.29) is 6.42 Å². The summed E-state index contributed by atoms with van der Waals surface area (Å²) < 4.78 is 28.8. The van der Waals surface area contributed by atoms with Crippen molar-refractivity contribution in [1.82, 2.24) is 24.8 Å². The summed E-state index contributed by atoms with van der Waals surface area (Å²) in [5.74, 6) is -2.64. The smallest absolute Gasteiger partial charge is 0.255 e. The first-order valence-electron chi connectivity index (χ1n) is 4.86. The Balaban J connectivity index is 2.00. The summed E-state index contributed by atoms with van der Waals surface area (Å²) in [6, 6.07) is 0.831. The lowest BCUT2D eigenvalue weighted by Gasteiger charge is -2.03. The number of alkyl halides is 2. The normalized spacial score (nSPS) is 22.3. The van der Waals surface area contributed by atoms with Gasteiger partial charge in [0.2, 0.25) is 0 Å². The van der Waals surface area contributed by atoms with Crippen molar-refractivity contribution in [3.05, 3.63) is 18.5 Å². The number of aryl methyl sites for hydroxylation is 1. The maximum Gasteiger partial charge on any atom is 0.272 e. The van der Waals surface area contributed by atoms with Crippen molar-refractivity contribution in [3.8, 4) is 11.4 Å². The van der Waals surface area contributed by atoms with Crippen LogP contribution in [0.5, 0.6) is 0 Å². The molecule has 0 spiro atoms. The van der Waals surface area contributed by atoms with Crippen LogP contribution < -0.4 is 0 Å². The van der Waals surface area contributed by atoms with Gasteiger partial charge >= 0.3 is 0 Å². The number of nitrogens with zero attached hydrogens (tertiary/aromatic N) is 5. The van der Waals surface area contributed by atoms with Gasteiger partial charge in [-0.2, -0.15) is 5.10 Å². The van der Waals surface area contributed by atoms with E-state index in [1.165, 1.54) is 15.6 Å². The highest BCUT2D eigenvalue weighted by molar-refractivity contribution is 5.52. The Morgan fingerprint density at radius 1 is 1.50 bits per heavy atom. The van der Waals surface area contributed by atoms with Crippen LogP contribution >= 0.6 is 0 Å². The molecule has 16 heavy (non-hydrogen) atoms. The van der Waals surface area contributed by atoms with E-state index >= 15 is 0 Å². The molecule has 1 fully saturated rings. The fourth-order valence-electron chi connectivity index (χ4n) is 1.69. The highest BCUT2D eigenvalue weighted by Crippen LogP contribution is 2.53. The quantitative estimate of drug-likeness (QED) is 0.773. The first kappa shape index (κ1) is 9.44. The summed E-state index contributed by atoms with van der Waals surface area (Å²) in [5, 5.41) is 11.6. The Kier molecular flexibility index (Phi) is 1.69. The van der Waals surface area contributed by atoms with Gasteiger partial charge in [0.1, 0.15) is 11.7 Å². The van der Waals surface area contributed by atoms with Gasteiger partial charge in [-0.1, -0.05) is 5.21 Å². The van der Waals surface area contributed by atoms with Crippen molar-refractivity contribution in [3.63, 3.8) is 0 Å². The van der Waals surface area contributed by atoms with E-state index in [1.807, 2.05) is 0 Å². The first-order chi connectivity index (χ1) is 7.58. The van der Waals surface area contributed by atoms with Crippen molar-refractivity contribution < 1.29 is 8.78 Å². The average molecular weight is 225 g/mol. The van der Waals surface area contributed by atoms with E-state index in [1.54, 1.807) is 19.3 Å². The van der Waals surface area contributed by atoms with Crippen LogP contribution in [0.4, 0.5) is 8.78 Å². The van der Waals surface area contributed by atoms with Gasteiger partial charge in [0.05, 0.1) is 11.9 Å². The molecule has 0 bridgehead atoms. The maximum atomic E-state index is 13.0. The number of aromatic nitrogens is 5. The van der Waals surface area contributed by atoms with Crippen molar-refractivity contribution in [2.45, 2.75) is 18.4 Å². The van der Waals surface area contributed by atoms with Crippen LogP contribution in [0.15, 0.2) is 18.5 Å². The molecule has 1 unspecified atom stereocenters. The molecule has 0 amide bonds. The van der Waals surface area contributed by atoms with Gasteiger partial charge in [-0.05, 0) is 6.07 Å². The van der Waals surface area contributed by atoms with Crippen LogP contribution in [-0.4, -0.2) is 30.7 Å². The van der Waals surface area contributed by atoms with E-state index in [0.717, 1.165) is 0 Å². The predicted octanol–water partition coefficient (Wildman–Crippen LogP) is 1.26. The van der Waals surface area contributed by atoms with Gasteiger partial charge in [-0.3, -0.25) is 9.36 Å². The molecule has 1 aliphatic carbocycles. The molecule has 0 aliphatic heterocycles. The Labute approximate surface area is 89.7 Å². The molecule has 84 valence electrons. The van der Waals surface area contributed by atoms with Crippen LogP contribution in [0.2, 0.25) is 0 Å². The molecule has 0 N–H and O–H groups in total. The third-order valence-corrected chi connectivity index (χ3v) is 2.62. The van der Waals surface area contributed by atoms with Gasteiger partial charge in [-0.25, -0.2) is 8.78 Å². The molecular formula is C9H9F2N5. The lowest BCUT2D eigenvalue weighted by Crippen LogP contribution is -2.05.